The van der Waals surface area contributed by atoms with Crippen LogP contribution in [0.3, 0.4) is 0 Å². The van der Waals surface area contributed by atoms with Crippen molar-refractivity contribution < 1.29 is 4.79 Å². The van der Waals surface area contributed by atoms with E-state index in [1.807, 2.05) is 17.0 Å². The first-order valence-electron chi connectivity index (χ1n) is 9.20. The summed E-state index contributed by atoms with van der Waals surface area (Å²) in [5.74, 6) is 0.120. The molecule has 26 heavy (non-hydrogen) atoms. The molecule has 1 aliphatic rings. The Morgan fingerprint density at radius 3 is 2.50 bits per heavy atom. The van der Waals surface area contributed by atoms with E-state index in [0.29, 0.717) is 0 Å². The van der Waals surface area contributed by atoms with Crippen molar-refractivity contribution in [3.05, 3.63) is 92.7 Å². The molecule has 0 unspecified atom stereocenters. The molecule has 0 saturated carbocycles. The molecule has 1 aromatic heterocycles. The highest BCUT2D eigenvalue weighted by molar-refractivity contribution is 7.10. The zero-order valence-electron chi connectivity index (χ0n) is 15.2. The molecule has 0 aliphatic carbocycles. The van der Waals surface area contributed by atoms with Crippen molar-refractivity contribution in [3.8, 4) is 0 Å². The molecule has 0 bridgehead atoms. The predicted octanol–water partition coefficient (Wildman–Crippen LogP) is 5.41. The van der Waals surface area contributed by atoms with Crippen molar-refractivity contribution in [1.29, 1.82) is 0 Å². The van der Waals surface area contributed by atoms with Crippen LogP contribution in [-0.4, -0.2) is 17.4 Å². The summed E-state index contributed by atoms with van der Waals surface area (Å²) in [5, 5.41) is 2.15. The maximum absolute atomic E-state index is 13.3. The number of carbonyl (C=O) groups excluding carboxylic acids is 1. The standard InChI is InChI=1S/C23H23NOS/c1-3-17-6-10-19(11-7-17)23(25)24-14-12-21-20(13-15-26-21)22(24)18-8-4-16(2)5-9-18/h4-11,13,15,22H,3,12,14H2,1-2H3/t22-/m1/s1. The van der Waals surface area contributed by atoms with Crippen molar-refractivity contribution >= 4 is 17.2 Å². The number of rotatable bonds is 3. The minimum absolute atomic E-state index is 0.00366. The Bertz CT molecular complexity index is 908. The molecular weight excluding hydrogens is 338 g/mol. The molecule has 3 aromatic rings. The third-order valence-corrected chi connectivity index (χ3v) is 6.23. The zero-order valence-corrected chi connectivity index (χ0v) is 16.1. The molecule has 0 saturated heterocycles. The number of amides is 1. The van der Waals surface area contributed by atoms with Crippen LogP contribution in [0.1, 0.15) is 50.5 Å². The average Bonchev–Trinajstić information content (AvgIpc) is 3.16. The molecule has 0 radical (unpaired) electrons. The molecular formula is C23H23NOS. The van der Waals surface area contributed by atoms with Crippen molar-refractivity contribution in [2.24, 2.45) is 0 Å². The second kappa shape index (κ2) is 7.08. The smallest absolute Gasteiger partial charge is 0.254 e. The Morgan fingerprint density at radius 2 is 1.81 bits per heavy atom. The van der Waals surface area contributed by atoms with Crippen LogP contribution in [0.5, 0.6) is 0 Å². The minimum atomic E-state index is 0.00366. The van der Waals surface area contributed by atoms with Gasteiger partial charge in [0.2, 0.25) is 0 Å². The van der Waals surface area contributed by atoms with Crippen LogP contribution < -0.4 is 0 Å². The number of hydrogen-bond donors (Lipinski definition) is 0. The number of benzene rings is 2. The van der Waals surface area contributed by atoms with Gasteiger partial charge in [-0.2, -0.15) is 0 Å². The number of fused-ring (bicyclic) bond motifs is 1. The molecule has 1 atom stereocenters. The number of nitrogens with zero attached hydrogens (tertiary/aromatic N) is 1. The Kier molecular flexibility index (Phi) is 4.64. The number of hydrogen-bond acceptors (Lipinski definition) is 2. The maximum Gasteiger partial charge on any atom is 0.254 e. The lowest BCUT2D eigenvalue weighted by Gasteiger charge is -2.36. The van der Waals surface area contributed by atoms with E-state index < -0.39 is 0 Å². The van der Waals surface area contributed by atoms with Gasteiger partial charge < -0.3 is 4.90 Å². The lowest BCUT2D eigenvalue weighted by molar-refractivity contribution is 0.0696. The zero-order chi connectivity index (χ0) is 18.1. The molecule has 3 heteroatoms. The second-order valence-corrected chi connectivity index (χ2v) is 7.91. The van der Waals surface area contributed by atoms with Crippen LogP contribution in [0.2, 0.25) is 0 Å². The van der Waals surface area contributed by atoms with E-state index in [9.17, 15) is 4.79 Å². The fraction of sp³-hybridized carbons (Fsp3) is 0.261. The monoisotopic (exact) mass is 361 g/mol. The van der Waals surface area contributed by atoms with Crippen molar-refractivity contribution in [1.82, 2.24) is 4.90 Å². The normalized spacial score (nSPS) is 16.4. The quantitative estimate of drug-likeness (QED) is 0.611. The molecule has 0 fully saturated rings. The lowest BCUT2D eigenvalue weighted by atomic mass is 9.92. The highest BCUT2D eigenvalue weighted by atomic mass is 32.1. The third kappa shape index (κ3) is 3.08. The van der Waals surface area contributed by atoms with Gasteiger partial charge in [-0.3, -0.25) is 4.79 Å². The summed E-state index contributed by atoms with van der Waals surface area (Å²) in [7, 11) is 0. The SMILES string of the molecule is CCc1ccc(C(=O)N2CCc3sccc3[C@H]2c2ccc(C)cc2)cc1. The van der Waals surface area contributed by atoms with Crippen LogP contribution >= 0.6 is 11.3 Å². The van der Waals surface area contributed by atoms with Crippen molar-refractivity contribution in [2.75, 3.05) is 6.54 Å². The molecule has 2 nitrogen and oxygen atoms in total. The fourth-order valence-electron chi connectivity index (χ4n) is 3.69. The van der Waals surface area contributed by atoms with E-state index in [0.717, 1.165) is 24.9 Å². The number of aryl methyl sites for hydroxylation is 2. The minimum Gasteiger partial charge on any atom is -0.327 e. The van der Waals surface area contributed by atoms with Crippen LogP contribution in [0, 0.1) is 6.92 Å². The van der Waals surface area contributed by atoms with E-state index in [1.54, 1.807) is 11.3 Å². The van der Waals surface area contributed by atoms with Crippen LogP contribution in [0.25, 0.3) is 0 Å². The highest BCUT2D eigenvalue weighted by Crippen LogP contribution is 2.38. The Morgan fingerprint density at radius 1 is 1.08 bits per heavy atom. The van der Waals surface area contributed by atoms with Gasteiger partial charge in [-0.05, 0) is 60.0 Å². The van der Waals surface area contributed by atoms with Gasteiger partial charge in [-0.1, -0.05) is 48.9 Å². The summed E-state index contributed by atoms with van der Waals surface area (Å²) in [6, 6.07) is 18.8. The second-order valence-electron chi connectivity index (χ2n) is 6.91. The van der Waals surface area contributed by atoms with Gasteiger partial charge in [0.1, 0.15) is 0 Å². The molecule has 4 rings (SSSR count). The first-order valence-corrected chi connectivity index (χ1v) is 10.1. The van der Waals surface area contributed by atoms with E-state index in [-0.39, 0.29) is 11.9 Å². The Hall–Kier alpha value is -2.39. The molecule has 132 valence electrons. The van der Waals surface area contributed by atoms with Gasteiger partial charge >= 0.3 is 0 Å². The van der Waals surface area contributed by atoms with E-state index in [1.165, 1.54) is 27.1 Å². The van der Waals surface area contributed by atoms with Gasteiger partial charge in [-0.25, -0.2) is 0 Å². The van der Waals surface area contributed by atoms with Crippen LogP contribution in [-0.2, 0) is 12.8 Å². The largest absolute Gasteiger partial charge is 0.327 e. The first-order chi connectivity index (χ1) is 12.7. The summed E-state index contributed by atoms with van der Waals surface area (Å²) in [6.07, 6.45) is 1.93. The lowest BCUT2D eigenvalue weighted by Crippen LogP contribution is -2.40. The summed E-state index contributed by atoms with van der Waals surface area (Å²) < 4.78 is 0. The van der Waals surface area contributed by atoms with Gasteiger partial charge in [0, 0.05) is 17.0 Å². The predicted molar refractivity (Wildman–Crippen MR) is 108 cm³/mol. The third-order valence-electron chi connectivity index (χ3n) is 5.23. The van der Waals surface area contributed by atoms with Crippen LogP contribution in [0.15, 0.2) is 60.0 Å². The van der Waals surface area contributed by atoms with Crippen LogP contribution in [0.4, 0.5) is 0 Å². The fourth-order valence-corrected chi connectivity index (χ4v) is 4.60. The van der Waals surface area contributed by atoms with E-state index in [4.69, 9.17) is 0 Å². The van der Waals surface area contributed by atoms with E-state index >= 15 is 0 Å². The molecule has 1 aliphatic heterocycles. The molecule has 0 N–H and O–H groups in total. The highest BCUT2D eigenvalue weighted by Gasteiger charge is 2.33. The Labute approximate surface area is 159 Å². The topological polar surface area (TPSA) is 20.3 Å². The molecule has 2 aromatic carbocycles. The number of carbonyl (C=O) groups is 1. The van der Waals surface area contributed by atoms with Gasteiger partial charge in [0.05, 0.1) is 6.04 Å². The first kappa shape index (κ1) is 17.0. The average molecular weight is 362 g/mol. The summed E-state index contributed by atoms with van der Waals surface area (Å²) in [4.78, 5) is 16.8. The molecule has 1 amide bonds. The van der Waals surface area contributed by atoms with Crippen molar-refractivity contribution in [3.63, 3.8) is 0 Å². The van der Waals surface area contributed by atoms with Gasteiger partial charge in [0.15, 0.2) is 0 Å². The summed E-state index contributed by atoms with van der Waals surface area (Å²) in [5.41, 5.74) is 5.74. The van der Waals surface area contributed by atoms with E-state index in [2.05, 4.69) is 61.7 Å². The summed E-state index contributed by atoms with van der Waals surface area (Å²) >= 11 is 1.80. The maximum atomic E-state index is 13.3. The molecule has 2 heterocycles. The number of thiophene rings is 1. The summed E-state index contributed by atoms with van der Waals surface area (Å²) in [6.45, 7) is 4.99. The van der Waals surface area contributed by atoms with Crippen molar-refractivity contribution in [2.45, 2.75) is 32.7 Å². The van der Waals surface area contributed by atoms with Gasteiger partial charge in [0.25, 0.3) is 5.91 Å². The Balaban J connectivity index is 1.73. The van der Waals surface area contributed by atoms with Gasteiger partial charge in [-0.15, -0.1) is 11.3 Å². The molecule has 0 spiro atoms.